The minimum Gasteiger partial charge on any atom is -0.507 e. The molecule has 0 saturated heterocycles. The number of phenols is 1. The van der Waals surface area contributed by atoms with Gasteiger partial charge in [0.15, 0.2) is 0 Å². The number of carbonyl (C=O) groups excluding carboxylic acids is 1. The van der Waals surface area contributed by atoms with Crippen LogP contribution in [0.4, 0.5) is 10.1 Å². The Labute approximate surface area is 122 Å². The third-order valence-electron chi connectivity index (χ3n) is 3.33. The first-order valence-corrected chi connectivity index (χ1v) is 6.59. The van der Waals surface area contributed by atoms with Gasteiger partial charge in [0.25, 0.3) is 5.91 Å². The van der Waals surface area contributed by atoms with Crippen LogP contribution in [0.5, 0.6) is 5.75 Å². The Morgan fingerprint density at radius 3 is 2.57 bits per heavy atom. The number of phenolic OH excluding ortho intramolecular Hbond substituents is 1. The molecule has 1 amide bonds. The molecule has 0 aromatic heterocycles. The fourth-order valence-corrected chi connectivity index (χ4v) is 2.07. The van der Waals surface area contributed by atoms with Gasteiger partial charge in [-0.3, -0.25) is 4.79 Å². The number of nitrogens with one attached hydrogen (secondary N) is 2. The summed E-state index contributed by atoms with van der Waals surface area (Å²) < 4.78 is 13.7. The molecule has 2 aromatic rings. The molecular weight excluding hydrogens is 271 g/mol. The van der Waals surface area contributed by atoms with Crippen LogP contribution in [0.25, 0.3) is 0 Å². The summed E-state index contributed by atoms with van der Waals surface area (Å²) in [6.07, 6.45) is 0. The van der Waals surface area contributed by atoms with E-state index in [2.05, 4.69) is 10.6 Å². The van der Waals surface area contributed by atoms with Crippen molar-refractivity contribution in [3.63, 3.8) is 0 Å². The number of benzene rings is 2. The molecule has 0 fully saturated rings. The zero-order chi connectivity index (χ0) is 15.4. The molecule has 0 aliphatic heterocycles. The molecule has 0 aliphatic carbocycles. The average molecular weight is 288 g/mol. The number of hydrogen-bond donors (Lipinski definition) is 3. The molecule has 2 aromatic carbocycles. The van der Waals surface area contributed by atoms with E-state index < -0.39 is 11.7 Å². The molecule has 0 spiro atoms. The van der Waals surface area contributed by atoms with Crippen molar-refractivity contribution in [1.82, 2.24) is 5.32 Å². The van der Waals surface area contributed by atoms with Crippen LogP contribution in [0.15, 0.2) is 42.5 Å². The van der Waals surface area contributed by atoms with Gasteiger partial charge in [-0.15, -0.1) is 0 Å². The predicted octanol–water partition coefficient (Wildman–Crippen LogP) is 3.06. The van der Waals surface area contributed by atoms with Gasteiger partial charge in [-0.2, -0.15) is 0 Å². The van der Waals surface area contributed by atoms with Crippen LogP contribution >= 0.6 is 0 Å². The Bertz CT molecular complexity index is 638. The number of hydrogen-bond acceptors (Lipinski definition) is 3. The number of amides is 1. The summed E-state index contributed by atoms with van der Waals surface area (Å²) >= 11 is 0. The Balaban J connectivity index is 2.33. The highest BCUT2D eigenvalue weighted by Gasteiger charge is 2.18. The molecule has 5 heteroatoms. The summed E-state index contributed by atoms with van der Waals surface area (Å²) in [5, 5.41) is 15.4. The van der Waals surface area contributed by atoms with Gasteiger partial charge < -0.3 is 15.7 Å². The van der Waals surface area contributed by atoms with Crippen molar-refractivity contribution in [3.8, 4) is 5.75 Å². The van der Waals surface area contributed by atoms with Gasteiger partial charge in [0.2, 0.25) is 0 Å². The van der Waals surface area contributed by atoms with Crippen LogP contribution in [0.3, 0.4) is 0 Å². The summed E-state index contributed by atoms with van der Waals surface area (Å²) in [4.78, 5) is 12.2. The van der Waals surface area contributed by atoms with Gasteiger partial charge in [0.1, 0.15) is 17.1 Å². The maximum absolute atomic E-state index is 13.7. The van der Waals surface area contributed by atoms with E-state index >= 15 is 0 Å². The summed E-state index contributed by atoms with van der Waals surface area (Å²) in [6.45, 7) is 1.95. The Kier molecular flexibility index (Phi) is 4.55. The molecule has 0 saturated carbocycles. The van der Waals surface area contributed by atoms with Crippen LogP contribution in [0.1, 0.15) is 28.9 Å². The lowest BCUT2D eigenvalue weighted by Gasteiger charge is -2.16. The van der Waals surface area contributed by atoms with E-state index in [1.165, 1.54) is 12.1 Å². The predicted molar refractivity (Wildman–Crippen MR) is 79.9 cm³/mol. The Hall–Kier alpha value is -2.40. The SMILES string of the molecule is CNC(C)c1ccccc1NC(=O)c1c(O)cccc1F. The third kappa shape index (κ3) is 3.20. The highest BCUT2D eigenvalue weighted by atomic mass is 19.1. The Morgan fingerprint density at radius 1 is 1.19 bits per heavy atom. The quantitative estimate of drug-likeness (QED) is 0.810. The lowest BCUT2D eigenvalue weighted by atomic mass is 10.1. The van der Waals surface area contributed by atoms with E-state index in [0.717, 1.165) is 11.6 Å². The first-order valence-electron chi connectivity index (χ1n) is 6.59. The van der Waals surface area contributed by atoms with E-state index in [-0.39, 0.29) is 17.4 Å². The van der Waals surface area contributed by atoms with E-state index in [9.17, 15) is 14.3 Å². The van der Waals surface area contributed by atoms with Crippen LogP contribution in [-0.2, 0) is 0 Å². The first kappa shape index (κ1) is 15.0. The second-order valence-corrected chi connectivity index (χ2v) is 4.69. The molecule has 110 valence electrons. The molecule has 0 bridgehead atoms. The van der Waals surface area contributed by atoms with Crippen LogP contribution in [0.2, 0.25) is 0 Å². The van der Waals surface area contributed by atoms with Crippen molar-refractivity contribution in [1.29, 1.82) is 0 Å². The third-order valence-corrected chi connectivity index (χ3v) is 3.33. The highest BCUT2D eigenvalue weighted by molar-refractivity contribution is 6.06. The molecule has 21 heavy (non-hydrogen) atoms. The zero-order valence-electron chi connectivity index (χ0n) is 11.9. The molecular formula is C16H17FN2O2. The van der Waals surface area contributed by atoms with Crippen molar-refractivity contribution in [2.45, 2.75) is 13.0 Å². The fraction of sp³-hybridized carbons (Fsp3) is 0.188. The number of rotatable bonds is 4. The van der Waals surface area contributed by atoms with Gasteiger partial charge in [0, 0.05) is 11.7 Å². The normalized spacial score (nSPS) is 12.0. The monoisotopic (exact) mass is 288 g/mol. The lowest BCUT2D eigenvalue weighted by Crippen LogP contribution is -2.18. The number of aromatic hydroxyl groups is 1. The zero-order valence-corrected chi connectivity index (χ0v) is 11.9. The van der Waals surface area contributed by atoms with Crippen molar-refractivity contribution < 1.29 is 14.3 Å². The molecule has 1 atom stereocenters. The molecule has 3 N–H and O–H groups in total. The summed E-state index contributed by atoms with van der Waals surface area (Å²) in [5.41, 5.74) is 1.10. The standard InChI is InChI=1S/C16H17FN2O2/c1-10(18-2)11-6-3-4-8-13(11)19-16(21)15-12(17)7-5-9-14(15)20/h3-10,18,20H,1-2H3,(H,19,21). The minimum atomic E-state index is -0.758. The van der Waals surface area contributed by atoms with Gasteiger partial charge >= 0.3 is 0 Å². The fourth-order valence-electron chi connectivity index (χ4n) is 2.07. The average Bonchev–Trinajstić information content (AvgIpc) is 2.47. The maximum atomic E-state index is 13.7. The molecule has 4 nitrogen and oxygen atoms in total. The first-order chi connectivity index (χ1) is 10.0. The molecule has 0 heterocycles. The minimum absolute atomic E-state index is 0.0238. The number of carbonyl (C=O) groups is 1. The summed E-state index contributed by atoms with van der Waals surface area (Å²) in [6, 6.07) is 11.0. The van der Waals surface area contributed by atoms with Gasteiger partial charge in [-0.25, -0.2) is 4.39 Å². The van der Waals surface area contributed by atoms with Crippen LogP contribution in [-0.4, -0.2) is 18.1 Å². The summed E-state index contributed by atoms with van der Waals surface area (Å²) in [5.74, 6) is -1.82. The lowest BCUT2D eigenvalue weighted by molar-refractivity contribution is 0.102. The van der Waals surface area contributed by atoms with E-state index in [0.29, 0.717) is 5.69 Å². The molecule has 0 aliphatic rings. The van der Waals surface area contributed by atoms with Gasteiger partial charge in [-0.05, 0) is 37.7 Å². The maximum Gasteiger partial charge on any atom is 0.262 e. The van der Waals surface area contributed by atoms with Crippen LogP contribution < -0.4 is 10.6 Å². The van der Waals surface area contributed by atoms with Crippen LogP contribution in [0, 0.1) is 5.82 Å². The number of anilines is 1. The van der Waals surface area contributed by atoms with E-state index in [1.807, 2.05) is 26.1 Å². The van der Waals surface area contributed by atoms with Crippen molar-refractivity contribution >= 4 is 11.6 Å². The van der Waals surface area contributed by atoms with E-state index in [1.54, 1.807) is 12.1 Å². The van der Waals surface area contributed by atoms with Crippen molar-refractivity contribution in [2.24, 2.45) is 0 Å². The van der Waals surface area contributed by atoms with Crippen molar-refractivity contribution in [3.05, 3.63) is 59.4 Å². The van der Waals surface area contributed by atoms with Gasteiger partial charge in [-0.1, -0.05) is 24.3 Å². The smallest absolute Gasteiger partial charge is 0.262 e. The summed E-state index contributed by atoms with van der Waals surface area (Å²) in [7, 11) is 1.81. The number of para-hydroxylation sites is 1. The topological polar surface area (TPSA) is 61.4 Å². The van der Waals surface area contributed by atoms with Gasteiger partial charge in [0.05, 0.1) is 0 Å². The highest BCUT2D eigenvalue weighted by Crippen LogP contribution is 2.25. The van der Waals surface area contributed by atoms with Crippen molar-refractivity contribution in [2.75, 3.05) is 12.4 Å². The second-order valence-electron chi connectivity index (χ2n) is 4.69. The molecule has 0 radical (unpaired) electrons. The second kappa shape index (κ2) is 6.37. The molecule has 1 unspecified atom stereocenters. The Morgan fingerprint density at radius 2 is 1.90 bits per heavy atom. The van der Waals surface area contributed by atoms with E-state index in [4.69, 9.17) is 0 Å². The molecule has 2 rings (SSSR count). The number of halogens is 1. The largest absolute Gasteiger partial charge is 0.507 e.